The number of benzene rings is 2. The van der Waals surface area contributed by atoms with Crippen LogP contribution in [0.2, 0.25) is 0 Å². The van der Waals surface area contributed by atoms with Gasteiger partial charge >= 0.3 is 0 Å². The lowest BCUT2D eigenvalue weighted by Crippen LogP contribution is -2.26. The molecule has 0 atom stereocenters. The third kappa shape index (κ3) is 3.35. The maximum Gasteiger partial charge on any atom is 0.253 e. The summed E-state index contributed by atoms with van der Waals surface area (Å²) in [5, 5.41) is 2.76. The Morgan fingerprint density at radius 3 is 2.75 bits per heavy atom. The number of amides is 1. The Bertz CT molecular complexity index is 626. The number of hydrogen-bond donors (Lipinski definition) is 2. The highest BCUT2D eigenvalue weighted by Gasteiger charge is 2.10. The lowest BCUT2D eigenvalue weighted by Gasteiger charge is -2.09. The number of carbonyl (C=O) groups excluding carboxylic acids is 1. The van der Waals surface area contributed by atoms with E-state index in [-0.39, 0.29) is 17.2 Å². The molecule has 0 aliphatic heterocycles. The molecule has 0 saturated heterocycles. The van der Waals surface area contributed by atoms with Crippen LogP contribution in [0.1, 0.15) is 21.5 Å². The van der Waals surface area contributed by atoms with Gasteiger partial charge in [-0.25, -0.2) is 4.39 Å². The predicted octanol–water partition coefficient (Wildman–Crippen LogP) is 2.69. The zero-order valence-electron chi connectivity index (χ0n) is 11.3. The molecule has 0 fully saturated rings. The average Bonchev–Trinajstić information content (AvgIpc) is 2.43. The largest absolute Gasteiger partial charge is 0.398 e. The Hall–Kier alpha value is -2.36. The van der Waals surface area contributed by atoms with Gasteiger partial charge in [0.05, 0.1) is 5.56 Å². The smallest absolute Gasteiger partial charge is 0.253 e. The Morgan fingerprint density at radius 1 is 1.25 bits per heavy atom. The van der Waals surface area contributed by atoms with Crippen LogP contribution in [0.4, 0.5) is 10.1 Å². The number of nitrogens with two attached hydrogens (primary N) is 1. The molecule has 20 heavy (non-hydrogen) atoms. The van der Waals surface area contributed by atoms with E-state index < -0.39 is 5.82 Å². The molecule has 2 aromatic rings. The van der Waals surface area contributed by atoms with E-state index in [0.29, 0.717) is 6.54 Å². The molecule has 2 rings (SSSR count). The van der Waals surface area contributed by atoms with Crippen LogP contribution < -0.4 is 11.1 Å². The molecular formula is C16H17FN2O. The van der Waals surface area contributed by atoms with E-state index in [1.807, 2.05) is 31.2 Å². The molecule has 0 heterocycles. The van der Waals surface area contributed by atoms with Gasteiger partial charge in [0, 0.05) is 12.2 Å². The number of aryl methyl sites for hydroxylation is 1. The van der Waals surface area contributed by atoms with Gasteiger partial charge in [-0.05, 0) is 42.7 Å². The number of anilines is 1. The fourth-order valence-corrected chi connectivity index (χ4v) is 2.02. The summed E-state index contributed by atoms with van der Waals surface area (Å²) in [6.07, 6.45) is 0.730. The fraction of sp³-hybridized carbons (Fsp3) is 0.188. The standard InChI is InChI=1S/C16H17FN2O/c1-11-4-2-3-5-12(11)8-9-19-16(20)14-10-13(17)6-7-15(14)18/h2-7,10H,8-9,18H2,1H3,(H,19,20). The first kappa shape index (κ1) is 14.1. The summed E-state index contributed by atoms with van der Waals surface area (Å²) < 4.78 is 13.1. The number of nitrogens with one attached hydrogen (secondary N) is 1. The Balaban J connectivity index is 1.96. The lowest BCUT2D eigenvalue weighted by atomic mass is 10.1. The monoisotopic (exact) mass is 272 g/mol. The second-order valence-corrected chi connectivity index (χ2v) is 4.66. The molecule has 0 saturated carbocycles. The molecule has 0 bridgehead atoms. The summed E-state index contributed by atoms with van der Waals surface area (Å²) in [6, 6.07) is 11.8. The van der Waals surface area contributed by atoms with Crippen molar-refractivity contribution in [3.63, 3.8) is 0 Å². The molecule has 2 aromatic carbocycles. The Morgan fingerprint density at radius 2 is 2.00 bits per heavy atom. The van der Waals surface area contributed by atoms with Gasteiger partial charge in [-0.3, -0.25) is 4.79 Å². The van der Waals surface area contributed by atoms with Crippen LogP contribution in [0, 0.1) is 12.7 Å². The highest BCUT2D eigenvalue weighted by molar-refractivity contribution is 5.99. The number of hydrogen-bond acceptors (Lipinski definition) is 2. The van der Waals surface area contributed by atoms with Crippen LogP contribution in [0.3, 0.4) is 0 Å². The number of halogens is 1. The molecule has 0 aliphatic carbocycles. The van der Waals surface area contributed by atoms with Gasteiger partial charge in [-0.1, -0.05) is 24.3 Å². The van der Waals surface area contributed by atoms with E-state index in [2.05, 4.69) is 5.32 Å². The molecule has 0 aliphatic rings. The molecule has 3 nitrogen and oxygen atoms in total. The quantitative estimate of drug-likeness (QED) is 0.841. The topological polar surface area (TPSA) is 55.1 Å². The van der Waals surface area contributed by atoms with Crippen LogP contribution in [-0.2, 0) is 6.42 Å². The van der Waals surface area contributed by atoms with Crippen molar-refractivity contribution in [2.45, 2.75) is 13.3 Å². The van der Waals surface area contributed by atoms with Gasteiger partial charge in [0.1, 0.15) is 5.82 Å². The van der Waals surface area contributed by atoms with Crippen LogP contribution in [0.15, 0.2) is 42.5 Å². The van der Waals surface area contributed by atoms with Crippen LogP contribution in [-0.4, -0.2) is 12.5 Å². The van der Waals surface area contributed by atoms with Gasteiger partial charge in [-0.2, -0.15) is 0 Å². The van der Waals surface area contributed by atoms with E-state index >= 15 is 0 Å². The zero-order chi connectivity index (χ0) is 14.5. The normalized spacial score (nSPS) is 10.3. The number of rotatable bonds is 4. The summed E-state index contributed by atoms with van der Waals surface area (Å²) in [6.45, 7) is 2.52. The van der Waals surface area contributed by atoms with Gasteiger partial charge in [0.2, 0.25) is 0 Å². The molecule has 0 spiro atoms. The predicted molar refractivity (Wildman–Crippen MR) is 78.0 cm³/mol. The maximum atomic E-state index is 13.1. The van der Waals surface area contributed by atoms with Gasteiger partial charge < -0.3 is 11.1 Å². The number of carbonyl (C=O) groups is 1. The van der Waals surface area contributed by atoms with Gasteiger partial charge in [0.25, 0.3) is 5.91 Å². The van der Waals surface area contributed by atoms with Crippen molar-refractivity contribution < 1.29 is 9.18 Å². The van der Waals surface area contributed by atoms with Gasteiger partial charge in [0.15, 0.2) is 0 Å². The first-order valence-corrected chi connectivity index (χ1v) is 6.45. The highest BCUT2D eigenvalue weighted by Crippen LogP contribution is 2.13. The Kier molecular flexibility index (Phi) is 4.35. The van der Waals surface area contributed by atoms with Crippen molar-refractivity contribution in [1.29, 1.82) is 0 Å². The molecule has 1 amide bonds. The maximum absolute atomic E-state index is 13.1. The minimum Gasteiger partial charge on any atom is -0.398 e. The van der Waals surface area contributed by atoms with E-state index in [1.165, 1.54) is 23.3 Å². The first-order chi connectivity index (χ1) is 9.58. The van der Waals surface area contributed by atoms with E-state index in [9.17, 15) is 9.18 Å². The average molecular weight is 272 g/mol. The zero-order valence-corrected chi connectivity index (χ0v) is 11.3. The summed E-state index contributed by atoms with van der Waals surface area (Å²) in [5.74, 6) is -0.821. The molecular weight excluding hydrogens is 255 g/mol. The summed E-state index contributed by atoms with van der Waals surface area (Å²) in [5.41, 5.74) is 8.49. The molecule has 0 unspecified atom stereocenters. The molecule has 0 radical (unpaired) electrons. The van der Waals surface area contributed by atoms with E-state index in [0.717, 1.165) is 12.5 Å². The summed E-state index contributed by atoms with van der Waals surface area (Å²) >= 11 is 0. The summed E-state index contributed by atoms with van der Waals surface area (Å²) in [7, 11) is 0. The second kappa shape index (κ2) is 6.19. The highest BCUT2D eigenvalue weighted by atomic mass is 19.1. The lowest BCUT2D eigenvalue weighted by molar-refractivity contribution is 0.0954. The molecule has 0 aromatic heterocycles. The van der Waals surface area contributed by atoms with E-state index in [1.54, 1.807) is 0 Å². The second-order valence-electron chi connectivity index (χ2n) is 4.66. The Labute approximate surface area is 117 Å². The molecule has 3 N–H and O–H groups in total. The minimum atomic E-state index is -0.469. The van der Waals surface area contributed by atoms with Crippen molar-refractivity contribution in [2.75, 3.05) is 12.3 Å². The van der Waals surface area contributed by atoms with Crippen molar-refractivity contribution in [3.05, 3.63) is 65.0 Å². The first-order valence-electron chi connectivity index (χ1n) is 6.45. The van der Waals surface area contributed by atoms with E-state index in [4.69, 9.17) is 5.73 Å². The van der Waals surface area contributed by atoms with Crippen molar-refractivity contribution in [2.24, 2.45) is 0 Å². The van der Waals surface area contributed by atoms with Crippen LogP contribution in [0.5, 0.6) is 0 Å². The van der Waals surface area contributed by atoms with Gasteiger partial charge in [-0.15, -0.1) is 0 Å². The van der Waals surface area contributed by atoms with Crippen molar-refractivity contribution in [3.8, 4) is 0 Å². The fourth-order valence-electron chi connectivity index (χ4n) is 2.02. The number of nitrogen functional groups attached to an aromatic ring is 1. The minimum absolute atomic E-state index is 0.176. The third-order valence-electron chi connectivity index (χ3n) is 3.20. The van der Waals surface area contributed by atoms with Crippen molar-refractivity contribution >= 4 is 11.6 Å². The van der Waals surface area contributed by atoms with Crippen molar-refractivity contribution in [1.82, 2.24) is 5.32 Å². The molecule has 104 valence electrons. The SMILES string of the molecule is Cc1ccccc1CCNC(=O)c1cc(F)ccc1N. The summed E-state index contributed by atoms with van der Waals surface area (Å²) in [4.78, 5) is 11.9. The van der Waals surface area contributed by atoms with Crippen LogP contribution in [0.25, 0.3) is 0 Å². The third-order valence-corrected chi connectivity index (χ3v) is 3.20. The molecule has 4 heteroatoms. The van der Waals surface area contributed by atoms with Crippen LogP contribution >= 0.6 is 0 Å².